The van der Waals surface area contributed by atoms with E-state index in [4.69, 9.17) is 5.11 Å². The lowest BCUT2D eigenvalue weighted by atomic mass is 10.1. The monoisotopic (exact) mass is 243 g/mol. The molecule has 1 rings (SSSR count). The standard InChI is InChI=1S/C8H15F2NO3S/c9-8(10)15(13,14)11-5-1-3-7(11)4-2-6-12/h7-8,12H,1-6H2. The second-order valence-corrected chi connectivity index (χ2v) is 5.43. The van der Waals surface area contributed by atoms with E-state index in [2.05, 4.69) is 0 Å². The summed E-state index contributed by atoms with van der Waals surface area (Å²) in [5.41, 5.74) is 0. The van der Waals surface area contributed by atoms with Crippen molar-refractivity contribution in [3.63, 3.8) is 0 Å². The van der Waals surface area contributed by atoms with Gasteiger partial charge in [0.15, 0.2) is 0 Å². The van der Waals surface area contributed by atoms with Gasteiger partial charge in [-0.15, -0.1) is 0 Å². The molecule has 7 heteroatoms. The van der Waals surface area contributed by atoms with E-state index >= 15 is 0 Å². The Hall–Kier alpha value is -0.270. The number of hydrogen-bond donors (Lipinski definition) is 1. The van der Waals surface area contributed by atoms with Gasteiger partial charge in [-0.3, -0.25) is 0 Å². The molecule has 0 saturated carbocycles. The van der Waals surface area contributed by atoms with Gasteiger partial charge in [0, 0.05) is 19.2 Å². The largest absolute Gasteiger partial charge is 0.396 e. The summed E-state index contributed by atoms with van der Waals surface area (Å²) in [6.07, 6.45) is 2.11. The van der Waals surface area contributed by atoms with Crippen LogP contribution in [0.1, 0.15) is 25.7 Å². The van der Waals surface area contributed by atoms with Crippen molar-refractivity contribution in [3.8, 4) is 0 Å². The zero-order chi connectivity index (χ0) is 11.5. The van der Waals surface area contributed by atoms with Crippen LogP contribution < -0.4 is 0 Å². The summed E-state index contributed by atoms with van der Waals surface area (Å²) in [5, 5.41) is 8.61. The Kier molecular flexibility index (Phi) is 4.42. The van der Waals surface area contributed by atoms with E-state index in [0.29, 0.717) is 25.7 Å². The summed E-state index contributed by atoms with van der Waals surface area (Å²) in [7, 11) is -4.44. The van der Waals surface area contributed by atoms with E-state index in [-0.39, 0.29) is 19.2 Å². The third-order valence-electron chi connectivity index (χ3n) is 2.57. The van der Waals surface area contributed by atoms with Gasteiger partial charge < -0.3 is 5.11 Å². The second-order valence-electron chi connectivity index (χ2n) is 3.58. The van der Waals surface area contributed by atoms with Crippen molar-refractivity contribution in [1.29, 1.82) is 0 Å². The van der Waals surface area contributed by atoms with Gasteiger partial charge in [-0.25, -0.2) is 8.42 Å². The van der Waals surface area contributed by atoms with Crippen molar-refractivity contribution < 1.29 is 22.3 Å². The molecule has 0 aromatic rings. The molecular weight excluding hydrogens is 228 g/mol. The molecule has 0 aromatic carbocycles. The van der Waals surface area contributed by atoms with E-state index in [1.807, 2.05) is 0 Å². The van der Waals surface area contributed by atoms with E-state index in [0.717, 1.165) is 4.31 Å². The van der Waals surface area contributed by atoms with E-state index in [9.17, 15) is 17.2 Å². The Morgan fingerprint density at radius 3 is 2.67 bits per heavy atom. The molecule has 1 N–H and O–H groups in total. The predicted octanol–water partition coefficient (Wildman–Crippen LogP) is 0.776. The Bertz CT molecular complexity index is 294. The summed E-state index contributed by atoms with van der Waals surface area (Å²) < 4.78 is 47.9. The van der Waals surface area contributed by atoms with Crippen LogP contribution in [0.3, 0.4) is 0 Å². The van der Waals surface area contributed by atoms with Crippen LogP contribution in [0.15, 0.2) is 0 Å². The molecule has 1 saturated heterocycles. The molecule has 90 valence electrons. The van der Waals surface area contributed by atoms with Gasteiger partial charge in [-0.1, -0.05) is 0 Å². The molecule has 15 heavy (non-hydrogen) atoms. The zero-order valence-corrected chi connectivity index (χ0v) is 9.09. The molecule has 4 nitrogen and oxygen atoms in total. The van der Waals surface area contributed by atoms with Gasteiger partial charge in [-0.05, 0) is 25.7 Å². The molecule has 1 atom stereocenters. The first-order valence-corrected chi connectivity index (χ1v) is 6.40. The lowest BCUT2D eigenvalue weighted by Crippen LogP contribution is -2.39. The molecular formula is C8H15F2NO3S. The molecule has 0 aliphatic carbocycles. The van der Waals surface area contributed by atoms with Gasteiger partial charge in [-0.2, -0.15) is 13.1 Å². The predicted molar refractivity (Wildman–Crippen MR) is 51.0 cm³/mol. The SMILES string of the molecule is O=S(=O)(C(F)F)N1CCCC1CCCO. The average Bonchev–Trinajstić information content (AvgIpc) is 2.62. The van der Waals surface area contributed by atoms with Gasteiger partial charge in [0.2, 0.25) is 0 Å². The fourth-order valence-corrected chi connectivity index (χ4v) is 3.08. The number of sulfonamides is 1. The van der Waals surface area contributed by atoms with Gasteiger partial charge >= 0.3 is 5.76 Å². The molecule has 0 radical (unpaired) electrons. The summed E-state index contributed by atoms with van der Waals surface area (Å²) in [6, 6.07) is -0.365. The number of aliphatic hydroxyl groups excluding tert-OH is 1. The third-order valence-corrected chi connectivity index (χ3v) is 4.16. The van der Waals surface area contributed by atoms with Gasteiger partial charge in [0.1, 0.15) is 0 Å². The third kappa shape index (κ3) is 2.85. The van der Waals surface area contributed by atoms with E-state index < -0.39 is 15.8 Å². The van der Waals surface area contributed by atoms with Crippen LogP contribution in [0.4, 0.5) is 8.78 Å². The Morgan fingerprint density at radius 1 is 1.47 bits per heavy atom. The zero-order valence-electron chi connectivity index (χ0n) is 8.27. The van der Waals surface area contributed by atoms with Crippen LogP contribution in [-0.2, 0) is 10.0 Å². The lowest BCUT2D eigenvalue weighted by Gasteiger charge is -2.23. The van der Waals surface area contributed by atoms with Crippen LogP contribution in [0.5, 0.6) is 0 Å². The number of hydrogen-bond acceptors (Lipinski definition) is 3. The molecule has 1 aliphatic rings. The first kappa shape index (κ1) is 12.8. The minimum absolute atomic E-state index is 0.0426. The fourth-order valence-electron chi connectivity index (χ4n) is 1.86. The van der Waals surface area contributed by atoms with Crippen LogP contribution in [0.25, 0.3) is 0 Å². The van der Waals surface area contributed by atoms with Crippen molar-refractivity contribution in [1.82, 2.24) is 4.31 Å². The van der Waals surface area contributed by atoms with Crippen LogP contribution >= 0.6 is 0 Å². The minimum Gasteiger partial charge on any atom is -0.396 e. The highest BCUT2D eigenvalue weighted by atomic mass is 32.2. The lowest BCUT2D eigenvalue weighted by molar-refractivity contribution is 0.212. The van der Waals surface area contributed by atoms with Crippen molar-refractivity contribution in [2.24, 2.45) is 0 Å². The summed E-state index contributed by atoms with van der Waals surface area (Å²) in [5.74, 6) is -3.34. The number of aliphatic hydroxyl groups is 1. The van der Waals surface area contributed by atoms with Crippen molar-refractivity contribution >= 4 is 10.0 Å². The quantitative estimate of drug-likeness (QED) is 0.776. The molecule has 1 heterocycles. The van der Waals surface area contributed by atoms with Gasteiger partial charge in [0.05, 0.1) is 0 Å². The Labute approximate surface area is 87.9 Å². The molecule has 1 unspecified atom stereocenters. The topological polar surface area (TPSA) is 57.6 Å². The maximum atomic E-state index is 12.3. The summed E-state index contributed by atoms with van der Waals surface area (Å²) in [6.45, 7) is 0.127. The highest BCUT2D eigenvalue weighted by molar-refractivity contribution is 7.89. The first-order chi connectivity index (χ1) is 7.00. The van der Waals surface area contributed by atoms with Crippen molar-refractivity contribution in [3.05, 3.63) is 0 Å². The Balaban J connectivity index is 2.68. The number of rotatable bonds is 5. The van der Waals surface area contributed by atoms with Crippen molar-refractivity contribution in [2.45, 2.75) is 37.5 Å². The Morgan fingerprint density at radius 2 is 2.13 bits per heavy atom. The first-order valence-electron chi connectivity index (χ1n) is 4.90. The molecule has 0 bridgehead atoms. The van der Waals surface area contributed by atoms with Crippen LogP contribution in [0.2, 0.25) is 0 Å². The normalized spacial score (nSPS) is 23.9. The smallest absolute Gasteiger partial charge is 0.350 e. The number of alkyl halides is 2. The summed E-state index contributed by atoms with van der Waals surface area (Å²) >= 11 is 0. The number of halogens is 2. The molecule has 1 aliphatic heterocycles. The van der Waals surface area contributed by atoms with E-state index in [1.165, 1.54) is 0 Å². The molecule has 0 aromatic heterocycles. The molecule has 0 spiro atoms. The van der Waals surface area contributed by atoms with Gasteiger partial charge in [0.25, 0.3) is 10.0 Å². The average molecular weight is 243 g/mol. The molecule has 1 fully saturated rings. The highest BCUT2D eigenvalue weighted by Crippen LogP contribution is 2.27. The van der Waals surface area contributed by atoms with Crippen molar-refractivity contribution in [2.75, 3.05) is 13.2 Å². The summed E-state index contributed by atoms with van der Waals surface area (Å²) in [4.78, 5) is 0. The van der Waals surface area contributed by atoms with E-state index in [1.54, 1.807) is 0 Å². The maximum Gasteiger partial charge on any atom is 0.350 e. The highest BCUT2D eigenvalue weighted by Gasteiger charge is 2.39. The van der Waals surface area contributed by atoms with Crippen LogP contribution in [-0.4, -0.2) is 42.8 Å². The second kappa shape index (κ2) is 5.18. The van der Waals surface area contributed by atoms with Crippen LogP contribution in [0, 0.1) is 0 Å². The molecule has 0 amide bonds. The number of nitrogens with zero attached hydrogens (tertiary/aromatic N) is 1. The minimum atomic E-state index is -4.44. The maximum absolute atomic E-state index is 12.3. The fraction of sp³-hybridized carbons (Fsp3) is 1.00.